The Morgan fingerprint density at radius 1 is 1.04 bits per heavy atom. The molecular weight excluding hydrogens is 354 g/mol. The van der Waals surface area contributed by atoms with Gasteiger partial charge in [0, 0.05) is 10.9 Å². The van der Waals surface area contributed by atoms with Gasteiger partial charge in [-0.2, -0.15) is 0 Å². The fraction of sp³-hybridized carbons (Fsp3) is 0.0526. The summed E-state index contributed by atoms with van der Waals surface area (Å²) < 4.78 is 5.24. The number of rotatable bonds is 4. The van der Waals surface area contributed by atoms with Crippen molar-refractivity contribution < 1.29 is 4.74 Å². The highest BCUT2D eigenvalue weighted by Crippen LogP contribution is 2.38. The van der Waals surface area contributed by atoms with E-state index in [-0.39, 0.29) is 0 Å². The topological polar surface area (TPSA) is 47.0 Å². The Bertz CT molecular complexity index is 1030. The van der Waals surface area contributed by atoms with Crippen LogP contribution in [0, 0.1) is 0 Å². The molecule has 0 unspecified atom stereocenters. The maximum Gasteiger partial charge on any atom is 0.143 e. The Labute approximate surface area is 154 Å². The molecule has 0 amide bonds. The van der Waals surface area contributed by atoms with Crippen LogP contribution in [0.2, 0.25) is 5.02 Å². The van der Waals surface area contributed by atoms with Crippen molar-refractivity contribution >= 4 is 44.7 Å². The SMILES string of the molecule is COc1ccc(-c2csc3ncnc(Nc4ccccc4Cl)c23)cc1. The molecule has 1 N–H and O–H groups in total. The molecule has 0 aliphatic rings. The summed E-state index contributed by atoms with van der Waals surface area (Å²) in [6.45, 7) is 0. The number of thiophene rings is 1. The molecule has 0 aliphatic heterocycles. The van der Waals surface area contributed by atoms with E-state index in [1.54, 1.807) is 24.8 Å². The van der Waals surface area contributed by atoms with Crippen LogP contribution in [0.15, 0.2) is 60.2 Å². The van der Waals surface area contributed by atoms with Crippen molar-refractivity contribution in [2.75, 3.05) is 12.4 Å². The van der Waals surface area contributed by atoms with Gasteiger partial charge in [0.2, 0.25) is 0 Å². The lowest BCUT2D eigenvalue weighted by Gasteiger charge is -2.10. The first-order valence-corrected chi connectivity index (χ1v) is 8.90. The maximum absolute atomic E-state index is 6.27. The number of aromatic nitrogens is 2. The Morgan fingerprint density at radius 3 is 2.60 bits per heavy atom. The number of fused-ring (bicyclic) bond motifs is 1. The van der Waals surface area contributed by atoms with E-state index < -0.39 is 0 Å². The zero-order valence-corrected chi connectivity index (χ0v) is 14.9. The van der Waals surface area contributed by atoms with Crippen LogP contribution in [-0.4, -0.2) is 17.1 Å². The second-order valence-electron chi connectivity index (χ2n) is 5.39. The highest BCUT2D eigenvalue weighted by Gasteiger charge is 2.14. The largest absolute Gasteiger partial charge is 0.497 e. The van der Waals surface area contributed by atoms with Crippen LogP contribution in [0.3, 0.4) is 0 Å². The van der Waals surface area contributed by atoms with Crippen molar-refractivity contribution in [1.29, 1.82) is 0 Å². The molecular formula is C19H14ClN3OS. The minimum absolute atomic E-state index is 0.649. The van der Waals surface area contributed by atoms with E-state index in [0.29, 0.717) is 5.02 Å². The van der Waals surface area contributed by atoms with Crippen LogP contribution in [0.5, 0.6) is 5.75 Å². The standard InChI is InChI=1S/C19H14ClN3OS/c1-24-13-8-6-12(7-9-13)14-10-25-19-17(14)18(21-11-22-19)23-16-5-3-2-4-15(16)20/h2-11H,1H3,(H,21,22,23). The number of hydrogen-bond donors (Lipinski definition) is 1. The molecule has 2 heterocycles. The molecule has 0 aliphatic carbocycles. The van der Waals surface area contributed by atoms with Crippen molar-refractivity contribution in [3.05, 3.63) is 65.3 Å². The number of benzene rings is 2. The zero-order valence-electron chi connectivity index (χ0n) is 13.4. The van der Waals surface area contributed by atoms with Gasteiger partial charge in [0.25, 0.3) is 0 Å². The molecule has 4 nitrogen and oxygen atoms in total. The molecule has 0 saturated carbocycles. The van der Waals surface area contributed by atoms with Gasteiger partial charge in [-0.05, 0) is 29.8 Å². The monoisotopic (exact) mass is 367 g/mol. The Hall–Kier alpha value is -2.63. The third kappa shape index (κ3) is 3.04. The normalized spacial score (nSPS) is 10.8. The van der Waals surface area contributed by atoms with E-state index in [2.05, 4.69) is 20.7 Å². The van der Waals surface area contributed by atoms with Gasteiger partial charge < -0.3 is 10.1 Å². The molecule has 0 radical (unpaired) electrons. The molecule has 6 heteroatoms. The zero-order chi connectivity index (χ0) is 17.2. The molecule has 25 heavy (non-hydrogen) atoms. The minimum atomic E-state index is 0.649. The van der Waals surface area contributed by atoms with Crippen LogP contribution < -0.4 is 10.1 Å². The summed E-state index contributed by atoms with van der Waals surface area (Å²) in [6, 6.07) is 15.6. The lowest BCUT2D eigenvalue weighted by Crippen LogP contribution is -1.96. The summed E-state index contributed by atoms with van der Waals surface area (Å²) in [4.78, 5) is 9.76. The third-order valence-corrected chi connectivity index (χ3v) is 5.11. The van der Waals surface area contributed by atoms with Gasteiger partial charge in [-0.15, -0.1) is 11.3 Å². The van der Waals surface area contributed by atoms with Crippen LogP contribution in [0.25, 0.3) is 21.3 Å². The van der Waals surface area contributed by atoms with Crippen LogP contribution in [0.1, 0.15) is 0 Å². The van der Waals surface area contributed by atoms with Gasteiger partial charge in [0.15, 0.2) is 0 Å². The molecule has 0 bridgehead atoms. The molecule has 0 atom stereocenters. The summed E-state index contributed by atoms with van der Waals surface area (Å²) in [7, 11) is 1.66. The quantitative estimate of drug-likeness (QED) is 0.497. The Kier molecular flexibility index (Phi) is 4.26. The van der Waals surface area contributed by atoms with Crippen molar-refractivity contribution in [2.45, 2.75) is 0 Å². The van der Waals surface area contributed by atoms with E-state index in [4.69, 9.17) is 16.3 Å². The highest BCUT2D eigenvalue weighted by atomic mass is 35.5. The smallest absolute Gasteiger partial charge is 0.143 e. The summed E-state index contributed by atoms with van der Waals surface area (Å²) >= 11 is 7.86. The van der Waals surface area contributed by atoms with E-state index >= 15 is 0 Å². The lowest BCUT2D eigenvalue weighted by molar-refractivity contribution is 0.415. The van der Waals surface area contributed by atoms with E-state index in [1.807, 2.05) is 48.5 Å². The van der Waals surface area contributed by atoms with Gasteiger partial charge in [-0.3, -0.25) is 0 Å². The maximum atomic E-state index is 6.27. The minimum Gasteiger partial charge on any atom is -0.497 e. The molecule has 0 spiro atoms. The molecule has 4 aromatic rings. The Morgan fingerprint density at radius 2 is 1.84 bits per heavy atom. The van der Waals surface area contributed by atoms with Gasteiger partial charge in [-0.1, -0.05) is 35.9 Å². The number of para-hydroxylation sites is 1. The van der Waals surface area contributed by atoms with Crippen molar-refractivity contribution in [2.24, 2.45) is 0 Å². The first kappa shape index (κ1) is 15.9. The number of anilines is 2. The third-order valence-electron chi connectivity index (χ3n) is 3.90. The summed E-state index contributed by atoms with van der Waals surface area (Å²) in [5.74, 6) is 1.57. The van der Waals surface area contributed by atoms with Gasteiger partial charge in [-0.25, -0.2) is 9.97 Å². The number of ether oxygens (including phenoxy) is 1. The Balaban J connectivity index is 1.82. The second kappa shape index (κ2) is 6.70. The van der Waals surface area contributed by atoms with E-state index in [9.17, 15) is 0 Å². The summed E-state index contributed by atoms with van der Waals surface area (Å²) in [5.41, 5.74) is 2.98. The molecule has 2 aromatic heterocycles. The van der Waals surface area contributed by atoms with Gasteiger partial charge >= 0.3 is 0 Å². The van der Waals surface area contributed by atoms with Crippen molar-refractivity contribution in [3.63, 3.8) is 0 Å². The average molecular weight is 368 g/mol. The first-order chi connectivity index (χ1) is 12.3. The fourth-order valence-corrected chi connectivity index (χ4v) is 3.74. The molecule has 2 aromatic carbocycles. The number of nitrogens with one attached hydrogen (secondary N) is 1. The first-order valence-electron chi connectivity index (χ1n) is 7.64. The predicted molar refractivity (Wildman–Crippen MR) is 104 cm³/mol. The van der Waals surface area contributed by atoms with Crippen molar-refractivity contribution in [1.82, 2.24) is 9.97 Å². The summed E-state index contributed by atoms with van der Waals surface area (Å²) in [6.07, 6.45) is 1.57. The number of nitrogens with zero attached hydrogens (tertiary/aromatic N) is 2. The van der Waals surface area contributed by atoms with Crippen LogP contribution in [-0.2, 0) is 0 Å². The fourth-order valence-electron chi connectivity index (χ4n) is 2.64. The van der Waals surface area contributed by atoms with Gasteiger partial charge in [0.05, 0.1) is 23.2 Å². The van der Waals surface area contributed by atoms with E-state index in [1.165, 1.54) is 0 Å². The molecule has 0 fully saturated rings. The number of halogens is 1. The lowest BCUT2D eigenvalue weighted by atomic mass is 10.1. The second-order valence-corrected chi connectivity index (χ2v) is 6.65. The van der Waals surface area contributed by atoms with Crippen molar-refractivity contribution in [3.8, 4) is 16.9 Å². The van der Waals surface area contributed by atoms with Crippen LogP contribution in [0.4, 0.5) is 11.5 Å². The number of hydrogen-bond acceptors (Lipinski definition) is 5. The highest BCUT2D eigenvalue weighted by molar-refractivity contribution is 7.17. The predicted octanol–water partition coefficient (Wildman–Crippen LogP) is 5.76. The molecule has 124 valence electrons. The van der Waals surface area contributed by atoms with Crippen LogP contribution >= 0.6 is 22.9 Å². The average Bonchev–Trinajstić information content (AvgIpc) is 3.09. The molecule has 4 rings (SSSR count). The van der Waals surface area contributed by atoms with E-state index in [0.717, 1.165) is 38.6 Å². The van der Waals surface area contributed by atoms with Gasteiger partial charge in [0.1, 0.15) is 22.7 Å². The summed E-state index contributed by atoms with van der Waals surface area (Å²) in [5, 5.41) is 7.06. The number of methoxy groups -OCH3 is 1. The molecule has 0 saturated heterocycles.